The summed E-state index contributed by atoms with van der Waals surface area (Å²) < 4.78 is 13.7. The number of carboxylic acid groups (broad SMARTS) is 1. The van der Waals surface area contributed by atoms with E-state index in [0.29, 0.717) is 0 Å². The molecule has 7 heteroatoms. The monoisotopic (exact) mass is 341 g/mol. The zero-order valence-corrected chi connectivity index (χ0v) is 13.0. The van der Waals surface area contributed by atoms with Crippen LogP contribution in [0.25, 0.3) is 0 Å². The number of carbonyl (C=O) groups excluding carboxylic acids is 1. The molecule has 4 nitrogen and oxygen atoms in total. The number of thiophene rings is 1. The number of aliphatic carboxylic acids is 1. The van der Waals surface area contributed by atoms with Crippen LogP contribution in [0, 0.1) is 5.82 Å². The standard InChI is InChI=1S/C15H13ClFNO3S/c16-10-3-1-4-11(17)9(10)7-14(19)18-12(8-15(20)21)13-5-2-6-22-13/h1-6,12H,7-8H2,(H,18,19)(H,20,21)/t12-/m0/s1. The van der Waals surface area contributed by atoms with Crippen molar-refractivity contribution in [3.63, 3.8) is 0 Å². The second-order valence-corrected chi connectivity index (χ2v) is 6.00. The van der Waals surface area contributed by atoms with E-state index in [-0.39, 0.29) is 23.4 Å². The summed E-state index contributed by atoms with van der Waals surface area (Å²) in [6.45, 7) is 0. The van der Waals surface area contributed by atoms with Gasteiger partial charge in [-0.25, -0.2) is 4.39 Å². The first-order valence-corrected chi connectivity index (χ1v) is 7.70. The van der Waals surface area contributed by atoms with Crippen molar-refractivity contribution in [2.24, 2.45) is 0 Å². The van der Waals surface area contributed by atoms with E-state index in [1.165, 1.54) is 29.5 Å². The number of benzene rings is 1. The number of amides is 1. The van der Waals surface area contributed by atoms with Gasteiger partial charge in [-0.05, 0) is 23.6 Å². The molecular weight excluding hydrogens is 329 g/mol. The Labute approximate surface area is 135 Å². The summed E-state index contributed by atoms with van der Waals surface area (Å²) in [4.78, 5) is 23.7. The fourth-order valence-corrected chi connectivity index (χ4v) is 3.00. The first kappa shape index (κ1) is 16.5. The molecule has 0 saturated carbocycles. The Morgan fingerprint density at radius 2 is 2.09 bits per heavy atom. The third-order valence-corrected chi connectivity index (χ3v) is 4.34. The Kier molecular flexibility index (Phi) is 5.51. The normalized spacial score (nSPS) is 11.9. The molecule has 2 rings (SSSR count). The molecule has 116 valence electrons. The molecule has 0 aliphatic rings. The first-order valence-electron chi connectivity index (χ1n) is 6.45. The molecule has 0 unspecified atom stereocenters. The lowest BCUT2D eigenvalue weighted by Gasteiger charge is -2.16. The predicted octanol–water partition coefficient (Wildman–Crippen LogP) is 3.42. The molecule has 2 N–H and O–H groups in total. The van der Waals surface area contributed by atoms with Crippen LogP contribution < -0.4 is 5.32 Å². The van der Waals surface area contributed by atoms with Crippen LogP contribution in [-0.2, 0) is 16.0 Å². The van der Waals surface area contributed by atoms with E-state index in [1.54, 1.807) is 17.5 Å². The van der Waals surface area contributed by atoms with E-state index in [2.05, 4.69) is 5.32 Å². The van der Waals surface area contributed by atoms with E-state index in [9.17, 15) is 14.0 Å². The van der Waals surface area contributed by atoms with Crippen molar-refractivity contribution in [2.75, 3.05) is 0 Å². The zero-order chi connectivity index (χ0) is 16.1. The molecule has 0 saturated heterocycles. The first-order chi connectivity index (χ1) is 10.5. The quantitative estimate of drug-likeness (QED) is 0.846. The minimum Gasteiger partial charge on any atom is -0.481 e. The Morgan fingerprint density at radius 1 is 1.32 bits per heavy atom. The van der Waals surface area contributed by atoms with Crippen molar-refractivity contribution in [3.8, 4) is 0 Å². The molecule has 1 heterocycles. The van der Waals surface area contributed by atoms with E-state index in [4.69, 9.17) is 16.7 Å². The fraction of sp³-hybridized carbons (Fsp3) is 0.200. The molecule has 1 aromatic carbocycles. The SMILES string of the molecule is O=C(O)C[C@H](NC(=O)Cc1c(F)cccc1Cl)c1cccs1. The average Bonchev–Trinajstić information content (AvgIpc) is 2.96. The number of halogens is 2. The van der Waals surface area contributed by atoms with Gasteiger partial charge in [-0.1, -0.05) is 23.7 Å². The van der Waals surface area contributed by atoms with Gasteiger partial charge in [0.15, 0.2) is 0 Å². The van der Waals surface area contributed by atoms with Gasteiger partial charge in [0.2, 0.25) is 5.91 Å². The molecule has 1 aromatic heterocycles. The van der Waals surface area contributed by atoms with Gasteiger partial charge in [0, 0.05) is 15.5 Å². The summed E-state index contributed by atoms with van der Waals surface area (Å²) in [5.41, 5.74) is 0.0990. The summed E-state index contributed by atoms with van der Waals surface area (Å²) in [5, 5.41) is 13.5. The van der Waals surface area contributed by atoms with Gasteiger partial charge < -0.3 is 10.4 Å². The number of carbonyl (C=O) groups is 2. The highest BCUT2D eigenvalue weighted by atomic mass is 35.5. The maximum Gasteiger partial charge on any atom is 0.305 e. The van der Waals surface area contributed by atoms with Gasteiger partial charge >= 0.3 is 5.97 Å². The van der Waals surface area contributed by atoms with Gasteiger partial charge in [-0.2, -0.15) is 0 Å². The van der Waals surface area contributed by atoms with Crippen LogP contribution in [0.2, 0.25) is 5.02 Å². The molecule has 0 bridgehead atoms. The average molecular weight is 342 g/mol. The molecule has 1 amide bonds. The second-order valence-electron chi connectivity index (χ2n) is 4.61. The summed E-state index contributed by atoms with van der Waals surface area (Å²) in [6, 6.07) is 7.06. The topological polar surface area (TPSA) is 66.4 Å². The minimum absolute atomic E-state index is 0.0990. The summed E-state index contributed by atoms with van der Waals surface area (Å²) >= 11 is 7.23. The van der Waals surface area contributed by atoms with Crippen LogP contribution >= 0.6 is 22.9 Å². The van der Waals surface area contributed by atoms with Crippen LogP contribution in [0.15, 0.2) is 35.7 Å². The third kappa shape index (κ3) is 4.29. The Bertz CT molecular complexity index is 655. The number of carboxylic acids is 1. The Balaban J connectivity index is 2.10. The lowest BCUT2D eigenvalue weighted by Crippen LogP contribution is -2.31. The number of rotatable bonds is 6. The highest BCUT2D eigenvalue weighted by Crippen LogP contribution is 2.23. The van der Waals surface area contributed by atoms with Crippen LogP contribution in [0.3, 0.4) is 0 Å². The van der Waals surface area contributed by atoms with E-state index < -0.39 is 23.7 Å². The van der Waals surface area contributed by atoms with Crippen molar-refractivity contribution in [2.45, 2.75) is 18.9 Å². The van der Waals surface area contributed by atoms with Crippen LogP contribution in [0.4, 0.5) is 4.39 Å². The molecule has 0 spiro atoms. The molecule has 22 heavy (non-hydrogen) atoms. The maximum absolute atomic E-state index is 13.7. The van der Waals surface area contributed by atoms with Crippen LogP contribution in [0.5, 0.6) is 0 Å². The molecular formula is C15H13ClFNO3S. The lowest BCUT2D eigenvalue weighted by atomic mass is 10.1. The Morgan fingerprint density at radius 3 is 2.68 bits per heavy atom. The summed E-state index contributed by atoms with van der Waals surface area (Å²) in [6.07, 6.45) is -0.482. The highest BCUT2D eigenvalue weighted by Gasteiger charge is 2.20. The molecule has 0 aliphatic carbocycles. The maximum atomic E-state index is 13.7. The van der Waals surface area contributed by atoms with Crippen molar-refractivity contribution in [1.82, 2.24) is 5.32 Å². The van der Waals surface area contributed by atoms with Crippen molar-refractivity contribution in [3.05, 3.63) is 57.0 Å². The zero-order valence-electron chi connectivity index (χ0n) is 11.4. The highest BCUT2D eigenvalue weighted by molar-refractivity contribution is 7.10. The van der Waals surface area contributed by atoms with Gasteiger partial charge in [0.25, 0.3) is 0 Å². The van der Waals surface area contributed by atoms with E-state index >= 15 is 0 Å². The number of hydrogen-bond donors (Lipinski definition) is 2. The van der Waals surface area contributed by atoms with Crippen molar-refractivity contribution >= 4 is 34.8 Å². The molecule has 0 aliphatic heterocycles. The summed E-state index contributed by atoms with van der Waals surface area (Å²) in [5.74, 6) is -2.07. The lowest BCUT2D eigenvalue weighted by molar-refractivity contribution is -0.137. The molecule has 2 aromatic rings. The van der Waals surface area contributed by atoms with Gasteiger partial charge in [0.1, 0.15) is 5.82 Å². The third-order valence-electron chi connectivity index (χ3n) is 3.00. The van der Waals surface area contributed by atoms with Crippen molar-refractivity contribution in [1.29, 1.82) is 0 Å². The smallest absolute Gasteiger partial charge is 0.305 e. The van der Waals surface area contributed by atoms with Crippen LogP contribution in [-0.4, -0.2) is 17.0 Å². The number of hydrogen-bond acceptors (Lipinski definition) is 3. The van der Waals surface area contributed by atoms with Gasteiger partial charge in [-0.3, -0.25) is 9.59 Å². The predicted molar refractivity (Wildman–Crippen MR) is 82.6 cm³/mol. The van der Waals surface area contributed by atoms with Crippen LogP contribution in [0.1, 0.15) is 22.9 Å². The largest absolute Gasteiger partial charge is 0.481 e. The second kappa shape index (κ2) is 7.38. The Hall–Kier alpha value is -1.92. The van der Waals surface area contributed by atoms with E-state index in [1.807, 2.05) is 0 Å². The number of nitrogens with one attached hydrogen (secondary N) is 1. The fourth-order valence-electron chi connectivity index (χ4n) is 1.99. The minimum atomic E-state index is -1.03. The van der Waals surface area contributed by atoms with Gasteiger partial charge in [0.05, 0.1) is 18.9 Å². The summed E-state index contributed by atoms with van der Waals surface area (Å²) in [7, 11) is 0. The molecule has 1 atom stereocenters. The molecule has 0 radical (unpaired) electrons. The van der Waals surface area contributed by atoms with Crippen molar-refractivity contribution < 1.29 is 19.1 Å². The van der Waals surface area contributed by atoms with E-state index in [0.717, 1.165) is 4.88 Å². The van der Waals surface area contributed by atoms with Gasteiger partial charge in [-0.15, -0.1) is 11.3 Å². The molecule has 0 fully saturated rings.